The SMILES string of the molecule is CCOC(=O)Oc1ccc(C(=O)NC(C(=O)N[C@@H]2C(=O)N3C(C(=O)O)=C(CSc4nnnn4C)CS[C@@H]23)c2csc(N)n2)cc1OC(=O)OCC. The van der Waals surface area contributed by atoms with E-state index in [9.17, 15) is 33.9 Å². The topological polar surface area (TPSA) is 269 Å². The minimum Gasteiger partial charge on any atom is -0.477 e. The summed E-state index contributed by atoms with van der Waals surface area (Å²) in [6.45, 7) is 3.07. The summed E-state index contributed by atoms with van der Waals surface area (Å²) in [5.41, 5.74) is 6.01. The van der Waals surface area contributed by atoms with Crippen molar-refractivity contribution in [2.24, 2.45) is 7.05 Å². The second-order valence-electron chi connectivity index (χ2n) is 10.3. The van der Waals surface area contributed by atoms with E-state index in [-0.39, 0.29) is 58.3 Å². The van der Waals surface area contributed by atoms with Crippen LogP contribution in [-0.2, 0) is 30.9 Å². The number of nitrogens with zero attached hydrogens (tertiary/aromatic N) is 6. The van der Waals surface area contributed by atoms with Gasteiger partial charge in [-0.2, -0.15) is 0 Å². The Kier molecular flexibility index (Phi) is 11.6. The predicted molar refractivity (Wildman–Crippen MR) is 178 cm³/mol. The summed E-state index contributed by atoms with van der Waals surface area (Å²) in [5.74, 6) is -3.85. The summed E-state index contributed by atoms with van der Waals surface area (Å²) in [6.07, 6.45) is -2.24. The monoisotopic (exact) mass is 763 g/mol. The molecule has 0 radical (unpaired) electrons. The average Bonchev–Trinajstić information content (AvgIpc) is 3.72. The van der Waals surface area contributed by atoms with Crippen molar-refractivity contribution in [3.05, 3.63) is 46.1 Å². The maximum Gasteiger partial charge on any atom is 0.513 e. The molecule has 1 aromatic carbocycles. The first-order valence-corrected chi connectivity index (χ1v) is 17.7. The number of carboxylic acids is 1. The van der Waals surface area contributed by atoms with E-state index in [4.69, 9.17) is 24.7 Å². The van der Waals surface area contributed by atoms with Crippen LogP contribution < -0.4 is 25.8 Å². The van der Waals surface area contributed by atoms with Crippen molar-refractivity contribution < 1.29 is 52.8 Å². The van der Waals surface area contributed by atoms with Gasteiger partial charge in [-0.05, 0) is 48.0 Å². The third-order valence-corrected chi connectivity index (χ3v) is 10.1. The number of carbonyl (C=O) groups is 6. The molecule has 3 amide bonds. The number of benzene rings is 1. The molecule has 1 saturated heterocycles. The van der Waals surface area contributed by atoms with Gasteiger partial charge in [0.15, 0.2) is 22.7 Å². The van der Waals surface area contributed by atoms with Gasteiger partial charge >= 0.3 is 18.3 Å². The molecule has 23 heteroatoms. The number of carboxylic acid groups (broad SMARTS) is 1. The molecule has 3 aromatic rings. The Morgan fingerprint density at radius 1 is 1.12 bits per heavy atom. The number of carbonyl (C=O) groups excluding carboxylic acids is 5. The zero-order valence-electron chi connectivity index (χ0n) is 26.9. The van der Waals surface area contributed by atoms with E-state index in [0.29, 0.717) is 10.7 Å². The van der Waals surface area contributed by atoms with Crippen molar-refractivity contribution in [3.8, 4) is 11.5 Å². The number of thiazole rings is 1. The van der Waals surface area contributed by atoms with E-state index >= 15 is 0 Å². The summed E-state index contributed by atoms with van der Waals surface area (Å²) in [5, 5.41) is 27.6. The van der Waals surface area contributed by atoms with Crippen LogP contribution in [0.2, 0.25) is 0 Å². The van der Waals surface area contributed by atoms with Crippen molar-refractivity contribution in [1.82, 2.24) is 40.7 Å². The minimum absolute atomic E-state index is 0.00228. The summed E-state index contributed by atoms with van der Waals surface area (Å²) < 4.78 is 21.2. The van der Waals surface area contributed by atoms with Crippen LogP contribution >= 0.6 is 34.9 Å². The van der Waals surface area contributed by atoms with Gasteiger partial charge < -0.3 is 40.4 Å². The van der Waals surface area contributed by atoms with E-state index in [1.807, 2.05) is 0 Å². The fourth-order valence-electron chi connectivity index (χ4n) is 4.74. The van der Waals surface area contributed by atoms with Crippen LogP contribution in [0.5, 0.6) is 11.5 Å². The number of ether oxygens (including phenoxy) is 4. The van der Waals surface area contributed by atoms with Crippen LogP contribution in [0.25, 0.3) is 0 Å². The predicted octanol–water partition coefficient (Wildman–Crippen LogP) is 1.32. The van der Waals surface area contributed by atoms with Gasteiger partial charge in [0.05, 0.1) is 18.9 Å². The number of aliphatic carboxylic acids is 1. The quantitative estimate of drug-likeness (QED) is 0.0827. The molecule has 1 unspecified atom stereocenters. The van der Waals surface area contributed by atoms with Crippen LogP contribution in [0.1, 0.15) is 35.9 Å². The van der Waals surface area contributed by atoms with E-state index in [1.165, 1.54) is 45.7 Å². The highest BCUT2D eigenvalue weighted by atomic mass is 32.2. The Bertz CT molecular complexity index is 1900. The molecule has 20 nitrogen and oxygen atoms in total. The van der Waals surface area contributed by atoms with Gasteiger partial charge in [0, 0.05) is 29.5 Å². The molecule has 1 fully saturated rings. The number of anilines is 1. The highest BCUT2D eigenvalue weighted by Gasteiger charge is 2.54. The van der Waals surface area contributed by atoms with Gasteiger partial charge in [-0.1, -0.05) is 11.8 Å². The number of fused-ring (bicyclic) bond motifs is 1. The Hall–Kier alpha value is -5.42. The van der Waals surface area contributed by atoms with Gasteiger partial charge in [0.1, 0.15) is 17.1 Å². The molecule has 0 aliphatic carbocycles. The molecular formula is C28H29N9O11S3. The lowest BCUT2D eigenvalue weighted by Gasteiger charge is -2.49. The maximum atomic E-state index is 13.7. The second kappa shape index (κ2) is 16.1. The van der Waals surface area contributed by atoms with Crippen molar-refractivity contribution >= 4 is 76.0 Å². The zero-order chi connectivity index (χ0) is 36.8. The smallest absolute Gasteiger partial charge is 0.477 e. The molecule has 2 aliphatic rings. The first kappa shape index (κ1) is 36.9. The Morgan fingerprint density at radius 3 is 2.43 bits per heavy atom. The van der Waals surface area contributed by atoms with Crippen molar-refractivity contribution in [3.63, 3.8) is 0 Å². The Balaban J connectivity index is 1.33. The number of nitrogens with two attached hydrogens (primary N) is 1. The lowest BCUT2D eigenvalue weighted by Crippen LogP contribution is -2.71. The average molecular weight is 764 g/mol. The normalized spacial score (nSPS) is 17.1. The van der Waals surface area contributed by atoms with Gasteiger partial charge in [-0.15, -0.1) is 28.2 Å². The number of aryl methyl sites for hydroxylation is 1. The van der Waals surface area contributed by atoms with E-state index in [2.05, 4.69) is 31.1 Å². The molecule has 0 spiro atoms. The largest absolute Gasteiger partial charge is 0.513 e. The number of β-lactam (4-membered cyclic amide) rings is 1. The fourth-order valence-corrected chi connectivity index (χ4v) is 7.66. The van der Waals surface area contributed by atoms with Gasteiger partial charge in [0.2, 0.25) is 11.1 Å². The van der Waals surface area contributed by atoms with Crippen molar-refractivity contribution in [1.29, 1.82) is 0 Å². The number of rotatable bonds is 13. The van der Waals surface area contributed by atoms with E-state index < -0.39 is 53.5 Å². The molecule has 2 aliphatic heterocycles. The molecule has 51 heavy (non-hydrogen) atoms. The molecule has 5 rings (SSSR count). The lowest BCUT2D eigenvalue weighted by molar-refractivity contribution is -0.151. The van der Waals surface area contributed by atoms with Gasteiger partial charge in [-0.3, -0.25) is 19.3 Å². The lowest BCUT2D eigenvalue weighted by atomic mass is 10.0. The van der Waals surface area contributed by atoms with E-state index in [0.717, 1.165) is 22.3 Å². The summed E-state index contributed by atoms with van der Waals surface area (Å²) in [6, 6.07) is 0.867. The fraction of sp³-hybridized carbons (Fsp3) is 0.357. The standard InChI is InChI=1S/C28H29N9O11S3/c1-4-45-27(43)47-15-7-6-12(8-16(15)48-28(44)46-5-2)20(38)31-17(14-11-50-25(29)30-14)21(39)32-18-22(40)37-19(24(41)42)13(9-49-23(18)37)10-51-26-33-34-35-36(26)3/h6-8,11,17-18,23H,4-5,9-10H2,1-3H3,(H2,29,30)(H,31,38)(H,32,39)(H,41,42)/t17?,18-,23+/m1/s1. The van der Waals surface area contributed by atoms with Gasteiger partial charge in [0.25, 0.3) is 11.8 Å². The summed E-state index contributed by atoms with van der Waals surface area (Å²) in [7, 11) is 1.64. The van der Waals surface area contributed by atoms with Crippen LogP contribution in [0.15, 0.2) is 40.0 Å². The van der Waals surface area contributed by atoms with Crippen LogP contribution in [-0.4, -0.2) is 107 Å². The highest BCUT2D eigenvalue weighted by Crippen LogP contribution is 2.41. The molecule has 3 atom stereocenters. The Labute approximate surface area is 300 Å². The van der Waals surface area contributed by atoms with Gasteiger partial charge in [-0.25, -0.2) is 24.0 Å². The van der Waals surface area contributed by atoms with Crippen LogP contribution in [0.4, 0.5) is 14.7 Å². The minimum atomic E-state index is -1.48. The van der Waals surface area contributed by atoms with E-state index in [1.54, 1.807) is 20.9 Å². The van der Waals surface area contributed by atoms with Crippen molar-refractivity contribution in [2.75, 3.05) is 30.5 Å². The number of nitrogen functional groups attached to an aromatic ring is 1. The number of nitrogens with one attached hydrogen (secondary N) is 2. The first-order chi connectivity index (χ1) is 24.4. The number of tetrazole rings is 1. The maximum absolute atomic E-state index is 13.7. The highest BCUT2D eigenvalue weighted by molar-refractivity contribution is 8.01. The van der Waals surface area contributed by atoms with Crippen LogP contribution in [0.3, 0.4) is 0 Å². The molecular weight excluding hydrogens is 735 g/mol. The second-order valence-corrected chi connectivity index (χ2v) is 13.2. The molecule has 5 N–H and O–H groups in total. The first-order valence-electron chi connectivity index (χ1n) is 14.8. The van der Waals surface area contributed by atoms with Crippen LogP contribution in [0, 0.1) is 0 Å². The molecule has 2 aromatic heterocycles. The molecule has 270 valence electrons. The summed E-state index contributed by atoms with van der Waals surface area (Å²) in [4.78, 5) is 82.1. The number of aromatic nitrogens is 5. The third kappa shape index (κ3) is 8.32. The number of amides is 3. The summed E-state index contributed by atoms with van der Waals surface area (Å²) >= 11 is 3.47. The molecule has 4 heterocycles. The third-order valence-electron chi connectivity index (χ3n) is 6.99. The number of hydrogen-bond acceptors (Lipinski definition) is 18. The number of hydrogen-bond donors (Lipinski definition) is 4. The zero-order valence-corrected chi connectivity index (χ0v) is 29.3. The Morgan fingerprint density at radius 2 is 1.82 bits per heavy atom. The van der Waals surface area contributed by atoms with Crippen molar-refractivity contribution in [2.45, 2.75) is 36.5 Å². The molecule has 0 saturated carbocycles. The number of thioether (sulfide) groups is 2. The molecule has 0 bridgehead atoms.